The van der Waals surface area contributed by atoms with Crippen LogP contribution in [0, 0.1) is 20.8 Å². The van der Waals surface area contributed by atoms with Crippen LogP contribution >= 0.6 is 11.3 Å². The number of thiazole rings is 1. The summed E-state index contributed by atoms with van der Waals surface area (Å²) in [7, 11) is 0. The molecule has 3 rings (SSSR count). The molecule has 25 heavy (non-hydrogen) atoms. The molecule has 2 N–H and O–H groups in total. The summed E-state index contributed by atoms with van der Waals surface area (Å²) in [6, 6.07) is 11.7. The maximum absolute atomic E-state index is 12.3. The lowest BCUT2D eigenvalue weighted by Crippen LogP contribution is -2.15. The number of aromatic nitrogens is 2. The number of nitrogens with one attached hydrogen (secondary N) is 2. The monoisotopic (exact) mass is 352 g/mol. The highest BCUT2D eigenvalue weighted by atomic mass is 32.1. The summed E-state index contributed by atoms with van der Waals surface area (Å²) in [4.78, 5) is 21.1. The van der Waals surface area contributed by atoms with Gasteiger partial charge >= 0.3 is 0 Å². The van der Waals surface area contributed by atoms with Crippen LogP contribution in [0.4, 0.5) is 16.6 Å². The van der Waals surface area contributed by atoms with Crippen LogP contribution in [0.5, 0.6) is 0 Å². The smallest absolute Gasteiger partial charge is 0.230 e. The fourth-order valence-corrected chi connectivity index (χ4v) is 3.13. The highest BCUT2D eigenvalue weighted by Gasteiger charge is 2.10. The Labute approximate surface area is 151 Å². The van der Waals surface area contributed by atoms with Crippen LogP contribution in [0.2, 0.25) is 0 Å². The zero-order valence-corrected chi connectivity index (χ0v) is 15.3. The Morgan fingerprint density at radius 2 is 1.88 bits per heavy atom. The molecule has 2 heterocycles. The van der Waals surface area contributed by atoms with Gasteiger partial charge < -0.3 is 10.6 Å². The van der Waals surface area contributed by atoms with Gasteiger partial charge in [-0.2, -0.15) is 0 Å². The van der Waals surface area contributed by atoms with Crippen LogP contribution in [0.3, 0.4) is 0 Å². The number of pyridine rings is 1. The summed E-state index contributed by atoms with van der Waals surface area (Å²) in [5.74, 6) is 0.681. The Balaban J connectivity index is 1.63. The molecule has 2 aromatic heterocycles. The summed E-state index contributed by atoms with van der Waals surface area (Å²) in [6.07, 6.45) is 0.243. The van der Waals surface area contributed by atoms with E-state index in [4.69, 9.17) is 0 Å². The van der Waals surface area contributed by atoms with Crippen molar-refractivity contribution in [3.63, 3.8) is 0 Å². The Hall–Kier alpha value is -2.73. The van der Waals surface area contributed by atoms with E-state index < -0.39 is 0 Å². The molecule has 0 aliphatic heterocycles. The molecule has 0 radical (unpaired) electrons. The number of aryl methyl sites for hydroxylation is 2. The van der Waals surface area contributed by atoms with Gasteiger partial charge in [-0.25, -0.2) is 9.97 Å². The maximum Gasteiger partial charge on any atom is 0.230 e. The van der Waals surface area contributed by atoms with Gasteiger partial charge in [0.1, 0.15) is 5.82 Å². The minimum atomic E-state index is -0.0702. The second-order valence-electron chi connectivity index (χ2n) is 5.91. The van der Waals surface area contributed by atoms with Crippen molar-refractivity contribution in [1.82, 2.24) is 9.97 Å². The first-order chi connectivity index (χ1) is 12.0. The van der Waals surface area contributed by atoms with Crippen LogP contribution in [-0.2, 0) is 11.2 Å². The highest BCUT2D eigenvalue weighted by molar-refractivity contribution is 7.13. The highest BCUT2D eigenvalue weighted by Crippen LogP contribution is 2.21. The number of hydrogen-bond acceptors (Lipinski definition) is 5. The van der Waals surface area contributed by atoms with E-state index in [0.29, 0.717) is 0 Å². The lowest BCUT2D eigenvalue weighted by molar-refractivity contribution is -0.115. The van der Waals surface area contributed by atoms with Crippen molar-refractivity contribution in [2.75, 3.05) is 10.6 Å². The van der Waals surface area contributed by atoms with Crippen LogP contribution < -0.4 is 10.6 Å². The van der Waals surface area contributed by atoms with E-state index in [1.807, 2.05) is 62.5 Å². The molecule has 0 saturated carbocycles. The van der Waals surface area contributed by atoms with Crippen molar-refractivity contribution in [1.29, 1.82) is 0 Å². The first kappa shape index (κ1) is 17.1. The molecule has 3 aromatic rings. The Bertz CT molecular complexity index is 904. The first-order valence-electron chi connectivity index (χ1n) is 8.02. The largest absolute Gasteiger partial charge is 0.325 e. The van der Waals surface area contributed by atoms with Gasteiger partial charge in [-0.3, -0.25) is 4.79 Å². The molecule has 0 fully saturated rings. The van der Waals surface area contributed by atoms with E-state index in [-0.39, 0.29) is 12.3 Å². The number of benzene rings is 1. The van der Waals surface area contributed by atoms with E-state index in [1.165, 1.54) is 11.3 Å². The van der Waals surface area contributed by atoms with Crippen molar-refractivity contribution in [3.05, 3.63) is 64.3 Å². The summed E-state index contributed by atoms with van der Waals surface area (Å²) in [6.45, 7) is 5.98. The van der Waals surface area contributed by atoms with Gasteiger partial charge in [0, 0.05) is 16.8 Å². The molecule has 0 aliphatic carbocycles. The fraction of sp³-hybridized carbons (Fsp3) is 0.211. The van der Waals surface area contributed by atoms with Gasteiger partial charge in [0.15, 0.2) is 5.13 Å². The van der Waals surface area contributed by atoms with Gasteiger partial charge in [-0.1, -0.05) is 18.2 Å². The Morgan fingerprint density at radius 1 is 1.08 bits per heavy atom. The van der Waals surface area contributed by atoms with Gasteiger partial charge in [-0.15, -0.1) is 11.3 Å². The molecular weight excluding hydrogens is 332 g/mol. The molecule has 1 aromatic carbocycles. The number of carbonyl (C=O) groups excluding carboxylic acids is 1. The molecular formula is C19H20N4OS. The zero-order chi connectivity index (χ0) is 17.8. The molecule has 0 atom stereocenters. The van der Waals surface area contributed by atoms with Crippen molar-refractivity contribution >= 4 is 33.9 Å². The first-order valence-corrected chi connectivity index (χ1v) is 8.90. The lowest BCUT2D eigenvalue weighted by atomic mass is 10.1. The van der Waals surface area contributed by atoms with Crippen molar-refractivity contribution in [2.24, 2.45) is 0 Å². The van der Waals surface area contributed by atoms with Gasteiger partial charge in [0.2, 0.25) is 5.91 Å². The molecule has 0 aliphatic rings. The van der Waals surface area contributed by atoms with Crippen molar-refractivity contribution in [2.45, 2.75) is 27.2 Å². The standard InChI is InChI=1S/C19H20N4OS/c1-12-6-4-8-16(14(12)3)22-18(24)10-15-11-25-19(21-15)23-17-9-5-7-13(2)20-17/h4-9,11H,10H2,1-3H3,(H,22,24)(H,20,21,23). The quantitative estimate of drug-likeness (QED) is 0.715. The molecule has 0 spiro atoms. The van der Waals surface area contributed by atoms with Crippen LogP contribution in [-0.4, -0.2) is 15.9 Å². The van der Waals surface area contributed by atoms with Crippen LogP contribution in [0.25, 0.3) is 0 Å². The topological polar surface area (TPSA) is 66.9 Å². The average molecular weight is 352 g/mol. The van der Waals surface area contributed by atoms with E-state index >= 15 is 0 Å². The van der Waals surface area contributed by atoms with E-state index in [9.17, 15) is 4.79 Å². The normalized spacial score (nSPS) is 10.5. The Morgan fingerprint density at radius 3 is 2.68 bits per heavy atom. The number of nitrogens with zero attached hydrogens (tertiary/aromatic N) is 2. The van der Waals surface area contributed by atoms with E-state index in [0.717, 1.165) is 39.2 Å². The fourth-order valence-electron chi connectivity index (χ4n) is 2.41. The number of amides is 1. The maximum atomic E-state index is 12.3. The predicted octanol–water partition coefficient (Wildman–Crippen LogP) is 4.39. The van der Waals surface area contributed by atoms with Gasteiger partial charge in [0.05, 0.1) is 12.1 Å². The lowest BCUT2D eigenvalue weighted by Gasteiger charge is -2.09. The SMILES string of the molecule is Cc1cccc(Nc2nc(CC(=O)Nc3cccc(C)c3C)cs2)n1. The third-order valence-electron chi connectivity index (χ3n) is 3.90. The molecule has 0 bridgehead atoms. The molecule has 0 saturated heterocycles. The van der Waals surface area contributed by atoms with E-state index in [1.54, 1.807) is 0 Å². The van der Waals surface area contributed by atoms with Crippen molar-refractivity contribution < 1.29 is 4.79 Å². The number of rotatable bonds is 5. The summed E-state index contributed by atoms with van der Waals surface area (Å²) in [5, 5.41) is 8.75. The number of carbonyl (C=O) groups is 1. The number of anilines is 3. The van der Waals surface area contributed by atoms with Crippen LogP contribution in [0.15, 0.2) is 41.8 Å². The minimum Gasteiger partial charge on any atom is -0.325 e. The summed E-state index contributed by atoms with van der Waals surface area (Å²) >= 11 is 1.46. The third-order valence-corrected chi connectivity index (χ3v) is 4.70. The summed E-state index contributed by atoms with van der Waals surface area (Å²) < 4.78 is 0. The van der Waals surface area contributed by atoms with Crippen molar-refractivity contribution in [3.8, 4) is 0 Å². The zero-order valence-electron chi connectivity index (χ0n) is 14.5. The average Bonchev–Trinajstić information content (AvgIpc) is 2.98. The minimum absolute atomic E-state index is 0.0702. The molecule has 0 unspecified atom stereocenters. The third kappa shape index (κ3) is 4.42. The molecule has 5 nitrogen and oxygen atoms in total. The summed E-state index contributed by atoms with van der Waals surface area (Å²) in [5.41, 5.74) is 4.77. The second kappa shape index (κ2) is 7.44. The van der Waals surface area contributed by atoms with E-state index in [2.05, 4.69) is 20.6 Å². The Kier molecular flexibility index (Phi) is 5.09. The number of hydrogen-bond donors (Lipinski definition) is 2. The second-order valence-corrected chi connectivity index (χ2v) is 6.76. The van der Waals surface area contributed by atoms with Gasteiger partial charge in [0.25, 0.3) is 0 Å². The molecule has 6 heteroatoms. The predicted molar refractivity (Wildman–Crippen MR) is 103 cm³/mol. The van der Waals surface area contributed by atoms with Gasteiger partial charge in [-0.05, 0) is 50.1 Å². The van der Waals surface area contributed by atoms with Crippen LogP contribution in [0.1, 0.15) is 22.5 Å². The molecule has 128 valence electrons. The molecule has 1 amide bonds.